The fourth-order valence-corrected chi connectivity index (χ4v) is 4.93. The standard InChI is InChI=1S/C13H17ClN2O5S/c1-9-7-15(8-13(2,3)21-9)22(19,20)12-10(14)5-4-6-11(12)16(17)18/h4-6,9H,7-8H2,1-3H3. The van der Waals surface area contributed by atoms with Crippen LogP contribution in [0.1, 0.15) is 20.8 Å². The van der Waals surface area contributed by atoms with Crippen molar-refractivity contribution < 1.29 is 18.1 Å². The van der Waals surface area contributed by atoms with Crippen molar-refractivity contribution in [3.8, 4) is 0 Å². The fourth-order valence-electron chi connectivity index (χ4n) is 2.60. The molecule has 0 aliphatic carbocycles. The van der Waals surface area contributed by atoms with Crippen LogP contribution < -0.4 is 0 Å². The van der Waals surface area contributed by atoms with E-state index in [0.29, 0.717) is 0 Å². The van der Waals surface area contributed by atoms with Crippen LogP contribution in [0.15, 0.2) is 23.1 Å². The van der Waals surface area contributed by atoms with E-state index in [0.717, 1.165) is 6.07 Å². The first-order chi connectivity index (χ1) is 10.0. The smallest absolute Gasteiger partial charge is 0.290 e. The number of hydrogen-bond donors (Lipinski definition) is 0. The number of benzene rings is 1. The molecule has 0 N–H and O–H groups in total. The van der Waals surface area contributed by atoms with E-state index in [1.807, 2.05) is 0 Å². The minimum absolute atomic E-state index is 0.0993. The highest BCUT2D eigenvalue weighted by atomic mass is 35.5. The zero-order valence-electron chi connectivity index (χ0n) is 12.4. The molecule has 1 aliphatic rings. The van der Waals surface area contributed by atoms with Crippen LogP contribution in [0, 0.1) is 10.1 Å². The highest BCUT2D eigenvalue weighted by Gasteiger charge is 2.41. The average molecular weight is 349 g/mol. The number of sulfonamides is 1. The van der Waals surface area contributed by atoms with Crippen LogP contribution in [-0.2, 0) is 14.8 Å². The van der Waals surface area contributed by atoms with E-state index >= 15 is 0 Å². The first-order valence-electron chi connectivity index (χ1n) is 6.65. The molecule has 0 radical (unpaired) electrons. The summed E-state index contributed by atoms with van der Waals surface area (Å²) in [5.74, 6) is 0. The molecule has 1 saturated heterocycles. The lowest BCUT2D eigenvalue weighted by atomic mass is 10.1. The van der Waals surface area contributed by atoms with Crippen LogP contribution >= 0.6 is 11.6 Å². The Morgan fingerprint density at radius 1 is 1.45 bits per heavy atom. The monoisotopic (exact) mass is 348 g/mol. The number of nitrogens with zero attached hydrogens (tertiary/aromatic N) is 2. The number of rotatable bonds is 3. The molecule has 0 saturated carbocycles. The summed E-state index contributed by atoms with van der Waals surface area (Å²) in [5, 5.41) is 11.0. The minimum atomic E-state index is -4.09. The number of nitro benzene ring substituents is 1. The topological polar surface area (TPSA) is 89.8 Å². The summed E-state index contributed by atoms with van der Waals surface area (Å²) < 4.78 is 32.6. The molecule has 1 aliphatic heterocycles. The Hall–Kier alpha value is -1.22. The van der Waals surface area contributed by atoms with E-state index in [4.69, 9.17) is 16.3 Å². The lowest BCUT2D eigenvalue weighted by Gasteiger charge is -2.40. The lowest BCUT2D eigenvalue weighted by Crippen LogP contribution is -2.53. The van der Waals surface area contributed by atoms with E-state index in [9.17, 15) is 18.5 Å². The van der Waals surface area contributed by atoms with Gasteiger partial charge in [0.25, 0.3) is 15.7 Å². The van der Waals surface area contributed by atoms with Gasteiger partial charge in [-0.1, -0.05) is 17.7 Å². The van der Waals surface area contributed by atoms with Crippen molar-refractivity contribution in [2.45, 2.75) is 37.4 Å². The maximum absolute atomic E-state index is 12.8. The molecule has 0 spiro atoms. The van der Waals surface area contributed by atoms with Crippen LogP contribution in [0.4, 0.5) is 5.69 Å². The van der Waals surface area contributed by atoms with Crippen LogP contribution in [0.25, 0.3) is 0 Å². The quantitative estimate of drug-likeness (QED) is 0.618. The number of halogens is 1. The van der Waals surface area contributed by atoms with Gasteiger partial charge in [0.15, 0.2) is 4.90 Å². The first-order valence-corrected chi connectivity index (χ1v) is 8.47. The zero-order valence-corrected chi connectivity index (χ0v) is 14.0. The molecule has 1 heterocycles. The second kappa shape index (κ2) is 5.77. The summed E-state index contributed by atoms with van der Waals surface area (Å²) in [7, 11) is -4.09. The molecule has 2 rings (SSSR count). The number of nitro groups is 1. The summed E-state index contributed by atoms with van der Waals surface area (Å²) in [6, 6.07) is 3.82. The Labute approximate surface area is 134 Å². The van der Waals surface area contributed by atoms with Gasteiger partial charge in [-0.2, -0.15) is 4.31 Å². The van der Waals surface area contributed by atoms with E-state index in [-0.39, 0.29) is 24.2 Å². The molecule has 9 heteroatoms. The Morgan fingerprint density at radius 3 is 2.64 bits per heavy atom. The third-order valence-electron chi connectivity index (χ3n) is 3.28. The van der Waals surface area contributed by atoms with Gasteiger partial charge >= 0.3 is 0 Å². The summed E-state index contributed by atoms with van der Waals surface area (Å²) >= 11 is 5.94. The van der Waals surface area contributed by atoms with Gasteiger partial charge in [0.2, 0.25) is 0 Å². The molecule has 1 fully saturated rings. The lowest BCUT2D eigenvalue weighted by molar-refractivity contribution is -0.387. The van der Waals surface area contributed by atoms with E-state index < -0.39 is 31.1 Å². The largest absolute Gasteiger partial charge is 0.370 e. The van der Waals surface area contributed by atoms with Crippen LogP contribution in [-0.4, -0.2) is 42.4 Å². The van der Waals surface area contributed by atoms with E-state index in [1.165, 1.54) is 16.4 Å². The van der Waals surface area contributed by atoms with Crippen LogP contribution in [0.3, 0.4) is 0 Å². The highest BCUT2D eigenvalue weighted by Crippen LogP contribution is 2.35. The van der Waals surface area contributed by atoms with Gasteiger partial charge in [0, 0.05) is 19.2 Å². The summed E-state index contributed by atoms with van der Waals surface area (Å²) in [6.07, 6.45) is -0.319. The Balaban J connectivity index is 2.54. The van der Waals surface area contributed by atoms with Gasteiger partial charge in [-0.15, -0.1) is 0 Å². The van der Waals surface area contributed by atoms with E-state index in [2.05, 4.69) is 0 Å². The van der Waals surface area contributed by atoms with Crippen LogP contribution in [0.2, 0.25) is 5.02 Å². The molecule has 7 nitrogen and oxygen atoms in total. The molecule has 1 atom stereocenters. The number of hydrogen-bond acceptors (Lipinski definition) is 5. The maximum atomic E-state index is 12.8. The first kappa shape index (κ1) is 17.1. The maximum Gasteiger partial charge on any atom is 0.290 e. The van der Waals surface area contributed by atoms with E-state index in [1.54, 1.807) is 20.8 Å². The fraction of sp³-hybridized carbons (Fsp3) is 0.538. The normalized spacial score (nSPS) is 22.5. The van der Waals surface area contributed by atoms with Crippen molar-refractivity contribution in [3.63, 3.8) is 0 Å². The summed E-state index contributed by atoms with van der Waals surface area (Å²) in [5.41, 5.74) is -1.20. The molecular weight excluding hydrogens is 332 g/mol. The zero-order chi connectivity index (χ0) is 16.7. The molecule has 0 aromatic heterocycles. The van der Waals surface area contributed by atoms with Gasteiger partial charge in [-0.05, 0) is 26.8 Å². The molecular formula is C13H17ClN2O5S. The molecule has 0 amide bonds. The molecule has 1 aromatic rings. The van der Waals surface area contributed by atoms with Gasteiger partial charge in [-0.25, -0.2) is 8.42 Å². The predicted molar refractivity (Wildman–Crippen MR) is 81.5 cm³/mol. The van der Waals surface area contributed by atoms with Gasteiger partial charge < -0.3 is 4.74 Å². The Bertz CT molecular complexity index is 704. The van der Waals surface area contributed by atoms with Crippen LogP contribution in [0.5, 0.6) is 0 Å². The third-order valence-corrected chi connectivity index (χ3v) is 5.61. The molecule has 22 heavy (non-hydrogen) atoms. The van der Waals surface area contributed by atoms with Crippen molar-refractivity contribution in [1.82, 2.24) is 4.31 Å². The minimum Gasteiger partial charge on any atom is -0.370 e. The Kier molecular flexibility index (Phi) is 4.49. The van der Waals surface area contributed by atoms with Crippen molar-refractivity contribution in [1.29, 1.82) is 0 Å². The average Bonchev–Trinajstić information content (AvgIpc) is 2.35. The van der Waals surface area contributed by atoms with Crippen molar-refractivity contribution >= 4 is 27.3 Å². The third kappa shape index (κ3) is 3.24. The van der Waals surface area contributed by atoms with Crippen molar-refractivity contribution in [2.24, 2.45) is 0 Å². The second-order valence-electron chi connectivity index (χ2n) is 5.83. The number of ether oxygens (including phenoxy) is 1. The SMILES string of the molecule is CC1CN(S(=O)(=O)c2c(Cl)cccc2[N+](=O)[O-])CC(C)(C)O1. The molecule has 1 aromatic carbocycles. The molecule has 122 valence electrons. The highest BCUT2D eigenvalue weighted by molar-refractivity contribution is 7.89. The molecule has 1 unspecified atom stereocenters. The Morgan fingerprint density at radius 2 is 2.09 bits per heavy atom. The van der Waals surface area contributed by atoms with Crippen molar-refractivity contribution in [2.75, 3.05) is 13.1 Å². The predicted octanol–water partition coefficient (Wildman–Crippen LogP) is 2.44. The van der Waals surface area contributed by atoms with Crippen molar-refractivity contribution in [3.05, 3.63) is 33.3 Å². The second-order valence-corrected chi connectivity index (χ2v) is 8.11. The number of morpholine rings is 1. The van der Waals surface area contributed by atoms with Gasteiger partial charge in [-0.3, -0.25) is 10.1 Å². The van der Waals surface area contributed by atoms with Gasteiger partial charge in [0.1, 0.15) is 0 Å². The summed E-state index contributed by atoms with van der Waals surface area (Å²) in [6.45, 7) is 5.51. The molecule has 0 bridgehead atoms. The van der Waals surface area contributed by atoms with Gasteiger partial charge in [0.05, 0.1) is 21.7 Å². The summed E-state index contributed by atoms with van der Waals surface area (Å²) in [4.78, 5) is 9.93.